The van der Waals surface area contributed by atoms with Crippen LogP contribution >= 0.6 is 0 Å². The second kappa shape index (κ2) is 11.2. The topological polar surface area (TPSA) is 129 Å². The molecule has 3 aromatic heterocycles. The fourth-order valence-electron chi connectivity index (χ4n) is 4.35. The second-order valence-electron chi connectivity index (χ2n) is 8.81. The molecule has 194 valence electrons. The standard InChI is InChI=1S/C27H28N8O3/c1-2-25(38)30-19-4-3-5-21(16-19)35-9-8-23(37)22-18-29-27(32-26(22)35)31-20-6-7-24(28-17-20)34-12-10-33(11-13-34)14-15-36/h2-9,16-18,36H,1,10-15H2,(H,30,38)(H,29,31,32). The van der Waals surface area contributed by atoms with E-state index in [-0.39, 0.29) is 17.9 Å². The van der Waals surface area contributed by atoms with Crippen molar-refractivity contribution in [2.75, 3.05) is 54.9 Å². The maximum Gasteiger partial charge on any atom is 0.247 e. The van der Waals surface area contributed by atoms with E-state index in [1.54, 1.807) is 35.2 Å². The van der Waals surface area contributed by atoms with Crippen LogP contribution in [0.25, 0.3) is 16.7 Å². The van der Waals surface area contributed by atoms with Crippen LogP contribution in [0.1, 0.15) is 0 Å². The minimum Gasteiger partial charge on any atom is -0.395 e. The fourth-order valence-corrected chi connectivity index (χ4v) is 4.35. The number of benzene rings is 1. The number of aliphatic hydroxyl groups excluding tert-OH is 1. The number of anilines is 4. The van der Waals surface area contributed by atoms with E-state index < -0.39 is 0 Å². The number of aromatic nitrogens is 4. The van der Waals surface area contributed by atoms with Crippen molar-refractivity contribution < 1.29 is 9.90 Å². The van der Waals surface area contributed by atoms with Crippen molar-refractivity contribution in [2.24, 2.45) is 0 Å². The number of hydrogen-bond donors (Lipinski definition) is 3. The first kappa shape index (κ1) is 25.1. The lowest BCUT2D eigenvalue weighted by Crippen LogP contribution is -2.47. The molecule has 1 aromatic carbocycles. The molecule has 38 heavy (non-hydrogen) atoms. The average Bonchev–Trinajstić information content (AvgIpc) is 2.94. The Morgan fingerprint density at radius 2 is 1.89 bits per heavy atom. The molecule has 4 heterocycles. The Morgan fingerprint density at radius 1 is 1.05 bits per heavy atom. The van der Waals surface area contributed by atoms with Gasteiger partial charge in [-0.3, -0.25) is 14.5 Å². The molecule has 1 saturated heterocycles. The van der Waals surface area contributed by atoms with Crippen molar-refractivity contribution in [1.82, 2.24) is 24.4 Å². The van der Waals surface area contributed by atoms with Crippen molar-refractivity contribution >= 4 is 40.1 Å². The van der Waals surface area contributed by atoms with Crippen molar-refractivity contribution in [1.29, 1.82) is 0 Å². The lowest BCUT2D eigenvalue weighted by atomic mass is 10.2. The van der Waals surface area contributed by atoms with Crippen LogP contribution in [0.4, 0.5) is 23.1 Å². The summed E-state index contributed by atoms with van der Waals surface area (Å²) in [5.41, 5.74) is 2.25. The quantitative estimate of drug-likeness (QED) is 0.304. The van der Waals surface area contributed by atoms with Crippen LogP contribution in [0, 0.1) is 0 Å². The minimum atomic E-state index is -0.315. The van der Waals surface area contributed by atoms with Gasteiger partial charge in [0.25, 0.3) is 0 Å². The summed E-state index contributed by atoms with van der Waals surface area (Å²) in [7, 11) is 0. The molecule has 5 rings (SSSR count). The number of carbonyl (C=O) groups excluding carboxylic acids is 1. The van der Waals surface area contributed by atoms with Gasteiger partial charge in [0.15, 0.2) is 11.1 Å². The van der Waals surface area contributed by atoms with Crippen molar-refractivity contribution in [3.8, 4) is 5.69 Å². The normalized spacial score (nSPS) is 13.9. The van der Waals surface area contributed by atoms with E-state index in [0.29, 0.717) is 40.6 Å². The van der Waals surface area contributed by atoms with Crippen LogP contribution in [0.5, 0.6) is 0 Å². The summed E-state index contributed by atoms with van der Waals surface area (Å²) in [5, 5.41) is 15.4. The van der Waals surface area contributed by atoms with E-state index in [0.717, 1.165) is 32.0 Å². The van der Waals surface area contributed by atoms with Gasteiger partial charge in [-0.05, 0) is 36.4 Å². The number of β-amino-alcohol motifs (C(OH)–C–C–N with tert-alkyl or cyclic N) is 1. The van der Waals surface area contributed by atoms with Crippen molar-refractivity contribution in [2.45, 2.75) is 0 Å². The fraction of sp³-hybridized carbons (Fsp3) is 0.222. The first-order valence-electron chi connectivity index (χ1n) is 12.3. The third-order valence-electron chi connectivity index (χ3n) is 6.33. The highest BCUT2D eigenvalue weighted by Gasteiger charge is 2.17. The summed E-state index contributed by atoms with van der Waals surface area (Å²) in [5.74, 6) is 0.889. The zero-order chi connectivity index (χ0) is 26.5. The molecule has 3 N–H and O–H groups in total. The molecular formula is C27H28N8O3. The second-order valence-corrected chi connectivity index (χ2v) is 8.81. The van der Waals surface area contributed by atoms with Crippen LogP contribution in [-0.2, 0) is 4.79 Å². The van der Waals surface area contributed by atoms with Gasteiger partial charge in [-0.15, -0.1) is 0 Å². The Hall–Kier alpha value is -4.61. The average molecular weight is 513 g/mol. The molecule has 0 bridgehead atoms. The monoisotopic (exact) mass is 512 g/mol. The summed E-state index contributed by atoms with van der Waals surface area (Å²) in [4.78, 5) is 42.2. The van der Waals surface area contributed by atoms with E-state index in [2.05, 4.69) is 42.0 Å². The zero-order valence-electron chi connectivity index (χ0n) is 20.7. The number of pyridine rings is 2. The molecule has 1 fully saturated rings. The largest absolute Gasteiger partial charge is 0.395 e. The molecule has 11 nitrogen and oxygen atoms in total. The first-order chi connectivity index (χ1) is 18.5. The lowest BCUT2D eigenvalue weighted by molar-refractivity contribution is -0.111. The summed E-state index contributed by atoms with van der Waals surface area (Å²) in [6.45, 7) is 7.82. The third kappa shape index (κ3) is 5.53. The maximum atomic E-state index is 12.5. The first-order valence-corrected chi connectivity index (χ1v) is 12.3. The van der Waals surface area contributed by atoms with Gasteiger partial charge in [-0.25, -0.2) is 9.97 Å². The number of nitrogens with zero attached hydrogens (tertiary/aromatic N) is 6. The maximum absolute atomic E-state index is 12.5. The van der Waals surface area contributed by atoms with Crippen LogP contribution < -0.4 is 21.0 Å². The Labute approximate surface area is 219 Å². The van der Waals surface area contributed by atoms with E-state index in [1.807, 2.05) is 18.2 Å². The highest BCUT2D eigenvalue weighted by atomic mass is 16.3. The summed E-state index contributed by atoms with van der Waals surface area (Å²) < 4.78 is 1.77. The summed E-state index contributed by atoms with van der Waals surface area (Å²) in [6.07, 6.45) is 6.08. The number of piperazine rings is 1. The van der Waals surface area contributed by atoms with Crippen LogP contribution in [0.2, 0.25) is 0 Å². The Balaban J connectivity index is 1.37. The van der Waals surface area contributed by atoms with Gasteiger partial charge in [0, 0.05) is 62.6 Å². The molecule has 0 aliphatic carbocycles. The van der Waals surface area contributed by atoms with E-state index in [9.17, 15) is 9.59 Å². The minimum absolute atomic E-state index is 0.173. The van der Waals surface area contributed by atoms with Crippen LogP contribution in [0.3, 0.4) is 0 Å². The molecule has 0 spiro atoms. The molecule has 1 aliphatic heterocycles. The zero-order valence-corrected chi connectivity index (χ0v) is 20.7. The Bertz CT molecular complexity index is 1510. The molecular weight excluding hydrogens is 484 g/mol. The van der Waals surface area contributed by atoms with Gasteiger partial charge in [0.2, 0.25) is 11.9 Å². The van der Waals surface area contributed by atoms with E-state index in [1.165, 1.54) is 18.3 Å². The van der Waals surface area contributed by atoms with Gasteiger partial charge >= 0.3 is 0 Å². The predicted molar refractivity (Wildman–Crippen MR) is 147 cm³/mol. The number of hydrogen-bond acceptors (Lipinski definition) is 9. The SMILES string of the molecule is C=CC(=O)Nc1cccc(-n2ccc(=O)c3cnc(Nc4ccc(N5CCN(CCO)CC5)nc4)nc32)c1. The summed E-state index contributed by atoms with van der Waals surface area (Å²) >= 11 is 0. The van der Waals surface area contributed by atoms with Gasteiger partial charge < -0.3 is 25.2 Å². The smallest absolute Gasteiger partial charge is 0.247 e. The molecule has 0 unspecified atom stereocenters. The lowest BCUT2D eigenvalue weighted by Gasteiger charge is -2.35. The van der Waals surface area contributed by atoms with Gasteiger partial charge in [-0.1, -0.05) is 12.6 Å². The number of carbonyl (C=O) groups is 1. The van der Waals surface area contributed by atoms with E-state index in [4.69, 9.17) is 5.11 Å². The van der Waals surface area contributed by atoms with Gasteiger partial charge in [-0.2, -0.15) is 4.98 Å². The van der Waals surface area contributed by atoms with Gasteiger partial charge in [0.1, 0.15) is 5.82 Å². The molecule has 0 saturated carbocycles. The number of amides is 1. The van der Waals surface area contributed by atoms with Crippen LogP contribution in [-0.4, -0.2) is 74.8 Å². The number of rotatable bonds is 8. The molecule has 1 aliphatic rings. The van der Waals surface area contributed by atoms with Crippen LogP contribution in [0.15, 0.2) is 78.5 Å². The molecule has 1 amide bonds. The number of aliphatic hydroxyl groups is 1. The molecule has 11 heteroatoms. The van der Waals surface area contributed by atoms with Gasteiger partial charge in [0.05, 0.1) is 23.9 Å². The van der Waals surface area contributed by atoms with E-state index >= 15 is 0 Å². The third-order valence-corrected chi connectivity index (χ3v) is 6.33. The summed E-state index contributed by atoms with van der Waals surface area (Å²) in [6, 6.07) is 12.5. The highest BCUT2D eigenvalue weighted by molar-refractivity contribution is 5.99. The number of fused-ring (bicyclic) bond motifs is 1. The number of nitrogens with one attached hydrogen (secondary N) is 2. The molecule has 0 radical (unpaired) electrons. The Kier molecular flexibility index (Phi) is 7.38. The highest BCUT2D eigenvalue weighted by Crippen LogP contribution is 2.21. The molecule has 0 atom stereocenters. The molecule has 4 aromatic rings. The Morgan fingerprint density at radius 3 is 2.63 bits per heavy atom. The predicted octanol–water partition coefficient (Wildman–Crippen LogP) is 2.16. The van der Waals surface area contributed by atoms with Crippen molar-refractivity contribution in [3.63, 3.8) is 0 Å². The van der Waals surface area contributed by atoms with Crippen molar-refractivity contribution in [3.05, 3.63) is 83.9 Å².